The molecule has 2 nitrogen and oxygen atoms in total. The smallest absolute Gasteiger partial charge is 0.0480 e. The van der Waals surface area contributed by atoms with Gasteiger partial charge in [0.15, 0.2) is 0 Å². The van der Waals surface area contributed by atoms with Crippen LogP contribution in [0.4, 0.5) is 0 Å². The van der Waals surface area contributed by atoms with Crippen molar-refractivity contribution < 1.29 is 5.11 Å². The highest BCUT2D eigenvalue weighted by Crippen LogP contribution is 2.20. The van der Waals surface area contributed by atoms with Crippen LogP contribution in [-0.2, 0) is 13.5 Å². The Kier molecular flexibility index (Phi) is 2.07. The number of rotatable bonds is 2. The van der Waals surface area contributed by atoms with Crippen molar-refractivity contribution in [1.82, 2.24) is 4.57 Å². The van der Waals surface area contributed by atoms with Gasteiger partial charge < -0.3 is 9.67 Å². The standard InChI is InChI=1S/C11H13NO/c1-12-8-9(6-7-13)10-4-2-3-5-11(10)12/h2-5,8,13H,6-7H2,1H3. The van der Waals surface area contributed by atoms with Crippen molar-refractivity contribution in [2.45, 2.75) is 6.42 Å². The van der Waals surface area contributed by atoms with Crippen molar-refractivity contribution in [3.05, 3.63) is 36.0 Å². The maximum atomic E-state index is 8.88. The first-order valence-electron chi connectivity index (χ1n) is 4.46. The Labute approximate surface area is 77.4 Å². The fourth-order valence-electron chi connectivity index (χ4n) is 1.75. The summed E-state index contributed by atoms with van der Waals surface area (Å²) in [5.41, 5.74) is 2.45. The van der Waals surface area contributed by atoms with Crippen molar-refractivity contribution >= 4 is 10.9 Å². The first-order valence-corrected chi connectivity index (χ1v) is 4.46. The second-order valence-electron chi connectivity index (χ2n) is 3.26. The first-order chi connectivity index (χ1) is 6.33. The van der Waals surface area contributed by atoms with Gasteiger partial charge in [-0.1, -0.05) is 18.2 Å². The van der Waals surface area contributed by atoms with Crippen LogP contribution in [0.5, 0.6) is 0 Å². The second kappa shape index (κ2) is 3.23. The van der Waals surface area contributed by atoms with Gasteiger partial charge in [0, 0.05) is 30.8 Å². The number of aliphatic hydroxyl groups is 1. The SMILES string of the molecule is Cn1cc(CCO)c2ccccc21. The van der Waals surface area contributed by atoms with Crippen molar-refractivity contribution in [3.8, 4) is 0 Å². The lowest BCUT2D eigenvalue weighted by Crippen LogP contribution is -1.88. The lowest BCUT2D eigenvalue weighted by atomic mass is 10.1. The number of aliphatic hydroxyl groups excluding tert-OH is 1. The molecule has 0 radical (unpaired) electrons. The Hall–Kier alpha value is -1.28. The summed E-state index contributed by atoms with van der Waals surface area (Å²) in [6.45, 7) is 0.216. The number of hydrogen-bond acceptors (Lipinski definition) is 1. The molecule has 0 amide bonds. The molecule has 0 bridgehead atoms. The zero-order valence-electron chi connectivity index (χ0n) is 7.70. The predicted molar refractivity (Wildman–Crippen MR) is 53.7 cm³/mol. The third kappa shape index (κ3) is 1.33. The molecule has 2 heteroatoms. The molecule has 0 aliphatic rings. The summed E-state index contributed by atoms with van der Waals surface area (Å²) in [5.74, 6) is 0. The van der Waals surface area contributed by atoms with Crippen LogP contribution >= 0.6 is 0 Å². The second-order valence-corrected chi connectivity index (χ2v) is 3.26. The Bertz CT molecular complexity index is 417. The fourth-order valence-corrected chi connectivity index (χ4v) is 1.75. The molecule has 2 rings (SSSR count). The van der Waals surface area contributed by atoms with E-state index in [2.05, 4.69) is 22.9 Å². The van der Waals surface area contributed by atoms with E-state index in [0.29, 0.717) is 0 Å². The predicted octanol–water partition coefficient (Wildman–Crippen LogP) is 1.71. The third-order valence-corrected chi connectivity index (χ3v) is 2.36. The van der Waals surface area contributed by atoms with Crippen LogP contribution in [0.1, 0.15) is 5.56 Å². The van der Waals surface area contributed by atoms with E-state index in [1.807, 2.05) is 19.2 Å². The van der Waals surface area contributed by atoms with Gasteiger partial charge >= 0.3 is 0 Å². The fraction of sp³-hybridized carbons (Fsp3) is 0.273. The molecule has 1 aromatic carbocycles. The van der Waals surface area contributed by atoms with Crippen LogP contribution in [-0.4, -0.2) is 16.3 Å². The largest absolute Gasteiger partial charge is 0.396 e. The normalized spacial score (nSPS) is 10.9. The molecule has 13 heavy (non-hydrogen) atoms. The molecule has 0 aliphatic heterocycles. The number of para-hydroxylation sites is 1. The Morgan fingerprint density at radius 2 is 2.08 bits per heavy atom. The summed E-state index contributed by atoms with van der Waals surface area (Å²) in [5, 5.41) is 10.1. The minimum Gasteiger partial charge on any atom is -0.396 e. The molecule has 2 aromatic rings. The number of fused-ring (bicyclic) bond motifs is 1. The van der Waals surface area contributed by atoms with E-state index in [4.69, 9.17) is 5.11 Å². The highest BCUT2D eigenvalue weighted by atomic mass is 16.2. The van der Waals surface area contributed by atoms with Gasteiger partial charge in [0.05, 0.1) is 0 Å². The van der Waals surface area contributed by atoms with E-state index in [0.717, 1.165) is 6.42 Å². The summed E-state index contributed by atoms with van der Waals surface area (Å²) in [7, 11) is 2.03. The van der Waals surface area contributed by atoms with Crippen molar-refractivity contribution in [2.24, 2.45) is 7.05 Å². The molecule has 0 spiro atoms. The lowest BCUT2D eigenvalue weighted by Gasteiger charge is -1.94. The molecule has 0 saturated heterocycles. The molecule has 0 fully saturated rings. The number of aromatic nitrogens is 1. The highest BCUT2D eigenvalue weighted by Gasteiger charge is 2.03. The quantitative estimate of drug-likeness (QED) is 0.738. The zero-order valence-corrected chi connectivity index (χ0v) is 7.70. The molecule has 0 unspecified atom stereocenters. The van der Waals surface area contributed by atoms with E-state index < -0.39 is 0 Å². The van der Waals surface area contributed by atoms with Gasteiger partial charge in [0.1, 0.15) is 0 Å². The first kappa shape index (κ1) is 8.32. The minimum atomic E-state index is 0.216. The summed E-state index contributed by atoms with van der Waals surface area (Å²) >= 11 is 0. The monoisotopic (exact) mass is 175 g/mol. The van der Waals surface area contributed by atoms with Crippen LogP contribution in [0.25, 0.3) is 10.9 Å². The molecular formula is C11H13NO. The number of benzene rings is 1. The molecule has 0 saturated carbocycles. The van der Waals surface area contributed by atoms with Crippen molar-refractivity contribution in [3.63, 3.8) is 0 Å². The molecule has 0 aliphatic carbocycles. The Morgan fingerprint density at radius 3 is 2.85 bits per heavy atom. The van der Waals surface area contributed by atoms with Crippen LogP contribution in [0.15, 0.2) is 30.5 Å². The number of nitrogens with zero attached hydrogens (tertiary/aromatic N) is 1. The molecule has 0 atom stereocenters. The summed E-state index contributed by atoms with van der Waals surface area (Å²) in [6.07, 6.45) is 2.82. The number of aryl methyl sites for hydroxylation is 1. The van der Waals surface area contributed by atoms with E-state index in [-0.39, 0.29) is 6.61 Å². The van der Waals surface area contributed by atoms with E-state index in [1.165, 1.54) is 16.5 Å². The minimum absolute atomic E-state index is 0.216. The average molecular weight is 175 g/mol. The van der Waals surface area contributed by atoms with E-state index in [1.54, 1.807) is 0 Å². The molecule has 1 N–H and O–H groups in total. The van der Waals surface area contributed by atoms with Crippen molar-refractivity contribution in [1.29, 1.82) is 0 Å². The van der Waals surface area contributed by atoms with Crippen molar-refractivity contribution in [2.75, 3.05) is 6.61 Å². The summed E-state index contributed by atoms with van der Waals surface area (Å²) in [6, 6.07) is 8.25. The Morgan fingerprint density at radius 1 is 1.31 bits per heavy atom. The van der Waals surface area contributed by atoms with E-state index in [9.17, 15) is 0 Å². The molecule has 1 aromatic heterocycles. The van der Waals surface area contributed by atoms with Gasteiger partial charge in [-0.2, -0.15) is 0 Å². The van der Waals surface area contributed by atoms with Gasteiger partial charge in [0.25, 0.3) is 0 Å². The topological polar surface area (TPSA) is 25.2 Å². The highest BCUT2D eigenvalue weighted by molar-refractivity contribution is 5.83. The van der Waals surface area contributed by atoms with Gasteiger partial charge in [-0.05, 0) is 18.1 Å². The third-order valence-electron chi connectivity index (χ3n) is 2.36. The lowest BCUT2D eigenvalue weighted by molar-refractivity contribution is 0.300. The number of hydrogen-bond donors (Lipinski definition) is 1. The van der Waals surface area contributed by atoms with Gasteiger partial charge in [-0.15, -0.1) is 0 Å². The van der Waals surface area contributed by atoms with Crippen LogP contribution in [0.3, 0.4) is 0 Å². The van der Waals surface area contributed by atoms with Gasteiger partial charge in [-0.25, -0.2) is 0 Å². The summed E-state index contributed by atoms with van der Waals surface area (Å²) < 4.78 is 2.10. The van der Waals surface area contributed by atoms with Gasteiger partial charge in [-0.3, -0.25) is 0 Å². The maximum absolute atomic E-state index is 8.88. The maximum Gasteiger partial charge on any atom is 0.0480 e. The average Bonchev–Trinajstić information content (AvgIpc) is 2.46. The Balaban J connectivity index is 2.63. The van der Waals surface area contributed by atoms with Gasteiger partial charge in [0.2, 0.25) is 0 Å². The van der Waals surface area contributed by atoms with Crippen LogP contribution < -0.4 is 0 Å². The molecular weight excluding hydrogens is 162 g/mol. The van der Waals surface area contributed by atoms with Crippen LogP contribution in [0, 0.1) is 0 Å². The summed E-state index contributed by atoms with van der Waals surface area (Å²) in [4.78, 5) is 0. The zero-order chi connectivity index (χ0) is 9.26. The van der Waals surface area contributed by atoms with Crippen LogP contribution in [0.2, 0.25) is 0 Å². The van der Waals surface area contributed by atoms with E-state index >= 15 is 0 Å². The molecule has 1 heterocycles. The molecule has 68 valence electrons.